The van der Waals surface area contributed by atoms with E-state index in [9.17, 15) is 14.4 Å². The highest BCUT2D eigenvalue weighted by Gasteiger charge is 2.30. The van der Waals surface area contributed by atoms with Crippen LogP contribution in [-0.4, -0.2) is 29.3 Å². The smallest absolute Gasteiger partial charge is 0.336 e. The highest BCUT2D eigenvalue weighted by Crippen LogP contribution is 2.31. The van der Waals surface area contributed by atoms with E-state index in [1.165, 1.54) is 11.0 Å². The van der Waals surface area contributed by atoms with Gasteiger partial charge in [-0.15, -0.1) is 0 Å². The highest BCUT2D eigenvalue weighted by atomic mass is 79.9. The van der Waals surface area contributed by atoms with Crippen molar-refractivity contribution in [2.24, 2.45) is 0 Å². The Balaban J connectivity index is 2.46. The molecule has 88 valence electrons. The van der Waals surface area contributed by atoms with Crippen LogP contribution in [0.4, 0.5) is 5.69 Å². The molecule has 1 fully saturated rings. The molecule has 0 aliphatic carbocycles. The minimum Gasteiger partial charge on any atom is -0.478 e. The Morgan fingerprint density at radius 3 is 2.59 bits per heavy atom. The van der Waals surface area contributed by atoms with Gasteiger partial charge in [0, 0.05) is 0 Å². The zero-order valence-corrected chi connectivity index (χ0v) is 10.2. The van der Waals surface area contributed by atoms with E-state index in [0.717, 1.165) is 0 Å². The maximum Gasteiger partial charge on any atom is 0.336 e. The number of hydrogen-bond acceptors (Lipinski definition) is 3. The summed E-state index contributed by atoms with van der Waals surface area (Å²) in [5, 5.41) is 8.95. The van der Waals surface area contributed by atoms with Crippen LogP contribution in [0, 0.1) is 0 Å². The van der Waals surface area contributed by atoms with Crippen LogP contribution in [0.5, 0.6) is 0 Å². The van der Waals surface area contributed by atoms with E-state index in [1.807, 2.05) is 0 Å². The molecule has 5 nitrogen and oxygen atoms in total. The number of benzene rings is 1. The summed E-state index contributed by atoms with van der Waals surface area (Å²) >= 11 is 3.15. The van der Waals surface area contributed by atoms with Gasteiger partial charge in [-0.2, -0.15) is 0 Å². The van der Waals surface area contributed by atoms with Crippen molar-refractivity contribution in [3.05, 3.63) is 28.2 Å². The molecule has 6 heteroatoms. The van der Waals surface area contributed by atoms with Crippen molar-refractivity contribution in [2.45, 2.75) is 6.42 Å². The Labute approximate surface area is 105 Å². The van der Waals surface area contributed by atoms with E-state index in [1.54, 1.807) is 12.1 Å². The largest absolute Gasteiger partial charge is 0.478 e. The number of rotatable bonds is 2. The molecule has 1 aliphatic rings. The molecule has 1 aromatic carbocycles. The third-order valence-corrected chi connectivity index (χ3v) is 3.32. The first kappa shape index (κ1) is 11.8. The summed E-state index contributed by atoms with van der Waals surface area (Å²) in [4.78, 5) is 35.0. The highest BCUT2D eigenvalue weighted by molar-refractivity contribution is 9.10. The Morgan fingerprint density at radius 2 is 2.06 bits per heavy atom. The van der Waals surface area contributed by atoms with Gasteiger partial charge in [0.05, 0.1) is 28.7 Å². The third kappa shape index (κ3) is 2.08. The van der Waals surface area contributed by atoms with Crippen LogP contribution < -0.4 is 4.90 Å². The number of ketones is 1. The SMILES string of the molecule is O=C1CC(=O)N(c2cccc(C(=O)O)c2Br)C1. The molecular weight excluding hydrogens is 290 g/mol. The molecule has 1 aliphatic heterocycles. The van der Waals surface area contributed by atoms with Gasteiger partial charge in [0.25, 0.3) is 0 Å². The molecule has 1 amide bonds. The Bertz CT molecular complexity index is 526. The van der Waals surface area contributed by atoms with Gasteiger partial charge in [-0.05, 0) is 28.1 Å². The number of anilines is 1. The summed E-state index contributed by atoms with van der Waals surface area (Å²) < 4.78 is 0.315. The Morgan fingerprint density at radius 1 is 1.35 bits per heavy atom. The summed E-state index contributed by atoms with van der Waals surface area (Å²) in [5.41, 5.74) is 0.482. The maximum absolute atomic E-state index is 11.6. The van der Waals surface area contributed by atoms with Gasteiger partial charge in [0.15, 0.2) is 5.78 Å². The minimum atomic E-state index is -1.09. The van der Waals surface area contributed by atoms with E-state index in [2.05, 4.69) is 15.9 Å². The second-order valence-corrected chi connectivity index (χ2v) is 4.43. The normalized spacial score (nSPS) is 15.5. The predicted octanol–water partition coefficient (Wildman–Crippen LogP) is 1.45. The molecular formula is C11H8BrNO4. The molecule has 1 saturated heterocycles. The van der Waals surface area contributed by atoms with Crippen molar-refractivity contribution < 1.29 is 19.5 Å². The summed E-state index contributed by atoms with van der Waals surface area (Å²) in [7, 11) is 0. The monoisotopic (exact) mass is 297 g/mol. The molecule has 0 unspecified atom stereocenters. The number of nitrogens with zero attached hydrogens (tertiary/aromatic N) is 1. The number of hydrogen-bond donors (Lipinski definition) is 1. The van der Waals surface area contributed by atoms with E-state index < -0.39 is 5.97 Å². The van der Waals surface area contributed by atoms with E-state index in [4.69, 9.17) is 5.11 Å². The van der Waals surface area contributed by atoms with Crippen molar-refractivity contribution in [2.75, 3.05) is 11.4 Å². The first-order chi connectivity index (χ1) is 8.00. The van der Waals surface area contributed by atoms with Gasteiger partial charge in [0.2, 0.25) is 5.91 Å². The topological polar surface area (TPSA) is 74.7 Å². The summed E-state index contributed by atoms with van der Waals surface area (Å²) in [6.07, 6.45) is -0.121. The van der Waals surface area contributed by atoms with E-state index in [-0.39, 0.29) is 30.2 Å². The Hall–Kier alpha value is -1.69. The van der Waals surface area contributed by atoms with Gasteiger partial charge in [0.1, 0.15) is 0 Å². The molecule has 0 spiro atoms. The van der Waals surface area contributed by atoms with Crippen LogP contribution in [0.1, 0.15) is 16.8 Å². The van der Waals surface area contributed by atoms with Crippen molar-refractivity contribution >= 4 is 39.3 Å². The predicted molar refractivity (Wildman–Crippen MR) is 63.1 cm³/mol. The van der Waals surface area contributed by atoms with Crippen LogP contribution in [-0.2, 0) is 9.59 Å². The van der Waals surface area contributed by atoms with E-state index in [0.29, 0.717) is 10.2 Å². The second kappa shape index (κ2) is 4.29. The molecule has 17 heavy (non-hydrogen) atoms. The van der Waals surface area contributed by atoms with Crippen molar-refractivity contribution in [3.8, 4) is 0 Å². The summed E-state index contributed by atoms with van der Waals surface area (Å²) in [6, 6.07) is 4.57. The van der Waals surface area contributed by atoms with Gasteiger partial charge in [-0.3, -0.25) is 9.59 Å². The average molecular weight is 298 g/mol. The van der Waals surface area contributed by atoms with Crippen LogP contribution in [0.15, 0.2) is 22.7 Å². The quantitative estimate of drug-likeness (QED) is 0.839. The number of carboxylic acids is 1. The van der Waals surface area contributed by atoms with Crippen LogP contribution in [0.3, 0.4) is 0 Å². The van der Waals surface area contributed by atoms with Crippen LogP contribution in [0.25, 0.3) is 0 Å². The lowest BCUT2D eigenvalue weighted by atomic mass is 10.2. The number of carbonyl (C=O) groups excluding carboxylic acids is 2. The van der Waals surface area contributed by atoms with Crippen LogP contribution in [0.2, 0.25) is 0 Å². The molecule has 0 atom stereocenters. The number of carboxylic acid groups (broad SMARTS) is 1. The van der Waals surface area contributed by atoms with E-state index >= 15 is 0 Å². The molecule has 1 aromatic rings. The Kier molecular flexibility index (Phi) is 2.97. The number of amides is 1. The minimum absolute atomic E-state index is 0.000502. The molecule has 0 saturated carbocycles. The average Bonchev–Trinajstić information content (AvgIpc) is 2.57. The number of carbonyl (C=O) groups is 3. The fourth-order valence-corrected chi connectivity index (χ4v) is 2.35. The van der Waals surface area contributed by atoms with Crippen molar-refractivity contribution in [3.63, 3.8) is 0 Å². The number of halogens is 1. The summed E-state index contributed by atoms with van der Waals surface area (Å²) in [6.45, 7) is 0.000502. The van der Waals surface area contributed by atoms with Gasteiger partial charge in [-0.1, -0.05) is 6.07 Å². The van der Waals surface area contributed by atoms with Crippen molar-refractivity contribution in [1.29, 1.82) is 0 Å². The molecule has 2 rings (SSSR count). The van der Waals surface area contributed by atoms with Crippen LogP contribution >= 0.6 is 15.9 Å². The first-order valence-electron chi connectivity index (χ1n) is 4.84. The van der Waals surface area contributed by atoms with Crippen molar-refractivity contribution in [1.82, 2.24) is 0 Å². The molecule has 1 heterocycles. The molecule has 0 bridgehead atoms. The lowest BCUT2D eigenvalue weighted by molar-refractivity contribution is -0.121. The summed E-state index contributed by atoms with van der Waals surface area (Å²) in [5.74, 6) is -1.56. The zero-order valence-electron chi connectivity index (χ0n) is 8.64. The first-order valence-corrected chi connectivity index (χ1v) is 5.64. The number of Topliss-reactive ketones (excluding diaryl/α,β-unsaturated/α-hetero) is 1. The lowest BCUT2D eigenvalue weighted by Gasteiger charge is -2.17. The zero-order chi connectivity index (χ0) is 12.6. The van der Waals surface area contributed by atoms with Gasteiger partial charge >= 0.3 is 5.97 Å². The standard InChI is InChI=1S/C11H8BrNO4/c12-10-7(11(16)17)2-1-3-8(10)13-5-6(14)4-9(13)15/h1-3H,4-5H2,(H,16,17). The van der Waals surface area contributed by atoms with Gasteiger partial charge in [-0.25, -0.2) is 4.79 Å². The van der Waals surface area contributed by atoms with Gasteiger partial charge < -0.3 is 10.0 Å². The number of aromatic carboxylic acids is 1. The fourth-order valence-electron chi connectivity index (χ4n) is 1.70. The molecule has 1 N–H and O–H groups in total. The fraction of sp³-hybridized carbons (Fsp3) is 0.182. The molecule has 0 aromatic heterocycles. The second-order valence-electron chi connectivity index (χ2n) is 3.64. The third-order valence-electron chi connectivity index (χ3n) is 2.48. The maximum atomic E-state index is 11.6. The molecule has 0 radical (unpaired) electrons. The lowest BCUT2D eigenvalue weighted by Crippen LogP contribution is -2.25.